The standard InChI is InChI=1S/C7H9ClN2/c8-5-7(9)6-1-3-10-4-2-6/h1-4,7H,5,9H2. The summed E-state index contributed by atoms with van der Waals surface area (Å²) < 4.78 is 0. The van der Waals surface area contributed by atoms with Crippen molar-refractivity contribution < 1.29 is 0 Å². The Bertz CT molecular complexity index is 188. The molecular weight excluding hydrogens is 148 g/mol. The van der Waals surface area contributed by atoms with E-state index in [0.29, 0.717) is 5.88 Å². The fourth-order valence-electron chi connectivity index (χ4n) is 0.700. The topological polar surface area (TPSA) is 38.9 Å². The monoisotopic (exact) mass is 156 g/mol. The first kappa shape index (κ1) is 7.51. The van der Waals surface area contributed by atoms with Crippen LogP contribution in [0.1, 0.15) is 11.6 Å². The van der Waals surface area contributed by atoms with Crippen LogP contribution in [0.15, 0.2) is 24.5 Å². The highest BCUT2D eigenvalue weighted by Gasteiger charge is 2.00. The molecule has 54 valence electrons. The maximum atomic E-state index is 5.63. The molecule has 3 heteroatoms. The van der Waals surface area contributed by atoms with E-state index in [1.54, 1.807) is 12.4 Å². The van der Waals surface area contributed by atoms with Gasteiger partial charge >= 0.3 is 0 Å². The number of hydrogen-bond acceptors (Lipinski definition) is 2. The molecule has 1 aromatic rings. The molecule has 2 N–H and O–H groups in total. The van der Waals surface area contributed by atoms with E-state index in [2.05, 4.69) is 4.98 Å². The van der Waals surface area contributed by atoms with E-state index in [4.69, 9.17) is 17.3 Å². The van der Waals surface area contributed by atoms with Gasteiger partial charge in [0.25, 0.3) is 0 Å². The molecule has 0 bridgehead atoms. The molecule has 0 aliphatic carbocycles. The molecule has 2 nitrogen and oxygen atoms in total. The number of nitrogens with zero attached hydrogens (tertiary/aromatic N) is 1. The fourth-order valence-corrected chi connectivity index (χ4v) is 0.878. The van der Waals surface area contributed by atoms with Crippen LogP contribution in [-0.2, 0) is 0 Å². The Kier molecular flexibility index (Phi) is 2.66. The summed E-state index contributed by atoms with van der Waals surface area (Å²) in [6.45, 7) is 0. The van der Waals surface area contributed by atoms with Gasteiger partial charge in [0, 0.05) is 24.3 Å². The molecule has 1 unspecified atom stereocenters. The third-order valence-corrected chi connectivity index (χ3v) is 1.63. The number of rotatable bonds is 2. The van der Waals surface area contributed by atoms with Gasteiger partial charge < -0.3 is 5.73 Å². The van der Waals surface area contributed by atoms with Crippen LogP contribution >= 0.6 is 11.6 Å². The van der Waals surface area contributed by atoms with Crippen molar-refractivity contribution in [3.05, 3.63) is 30.1 Å². The normalized spacial score (nSPS) is 13.0. The summed E-state index contributed by atoms with van der Waals surface area (Å²) in [5, 5.41) is 0. The molecule has 1 aromatic heterocycles. The smallest absolute Gasteiger partial charge is 0.0433 e. The van der Waals surface area contributed by atoms with E-state index < -0.39 is 0 Å². The van der Waals surface area contributed by atoms with E-state index in [-0.39, 0.29) is 6.04 Å². The number of halogens is 1. The van der Waals surface area contributed by atoms with Gasteiger partial charge in [-0.15, -0.1) is 11.6 Å². The fraction of sp³-hybridized carbons (Fsp3) is 0.286. The molecule has 0 aliphatic heterocycles. The summed E-state index contributed by atoms with van der Waals surface area (Å²) in [5.41, 5.74) is 6.67. The van der Waals surface area contributed by atoms with Crippen LogP contribution in [0.25, 0.3) is 0 Å². The van der Waals surface area contributed by atoms with E-state index in [1.165, 1.54) is 0 Å². The molecule has 0 spiro atoms. The first-order chi connectivity index (χ1) is 4.84. The number of pyridine rings is 1. The minimum atomic E-state index is -0.0651. The number of aromatic nitrogens is 1. The van der Waals surface area contributed by atoms with Crippen molar-refractivity contribution in [2.75, 3.05) is 5.88 Å². The molecule has 0 saturated carbocycles. The summed E-state index contributed by atoms with van der Waals surface area (Å²) in [4.78, 5) is 3.86. The predicted molar refractivity (Wildman–Crippen MR) is 41.9 cm³/mol. The third kappa shape index (κ3) is 1.69. The Morgan fingerprint density at radius 3 is 2.60 bits per heavy atom. The van der Waals surface area contributed by atoms with Gasteiger partial charge in [-0.05, 0) is 17.7 Å². The SMILES string of the molecule is NC(CCl)c1ccncc1. The average Bonchev–Trinajstić information content (AvgIpc) is 2.05. The van der Waals surface area contributed by atoms with Crippen LogP contribution in [0, 0.1) is 0 Å². The Morgan fingerprint density at radius 2 is 2.10 bits per heavy atom. The second-order valence-electron chi connectivity index (χ2n) is 2.04. The van der Waals surface area contributed by atoms with Crippen molar-refractivity contribution in [1.82, 2.24) is 4.98 Å². The van der Waals surface area contributed by atoms with Crippen molar-refractivity contribution in [2.24, 2.45) is 5.73 Å². The predicted octanol–water partition coefficient (Wildman–Crippen LogP) is 1.32. The Balaban J connectivity index is 2.75. The van der Waals surface area contributed by atoms with Crippen molar-refractivity contribution in [3.63, 3.8) is 0 Å². The van der Waals surface area contributed by atoms with Crippen molar-refractivity contribution >= 4 is 11.6 Å². The van der Waals surface area contributed by atoms with Gasteiger partial charge in [0.05, 0.1) is 0 Å². The molecule has 1 atom stereocenters. The highest BCUT2D eigenvalue weighted by atomic mass is 35.5. The Hall–Kier alpha value is -0.600. The molecule has 0 aliphatic rings. The van der Waals surface area contributed by atoms with Gasteiger partial charge in [-0.1, -0.05) is 0 Å². The highest BCUT2D eigenvalue weighted by molar-refractivity contribution is 6.18. The third-order valence-electron chi connectivity index (χ3n) is 1.30. The average molecular weight is 157 g/mol. The van der Waals surface area contributed by atoms with E-state index >= 15 is 0 Å². The molecule has 0 saturated heterocycles. The molecule has 0 fully saturated rings. The van der Waals surface area contributed by atoms with Crippen LogP contribution in [0.2, 0.25) is 0 Å². The number of nitrogens with two attached hydrogens (primary N) is 1. The quantitative estimate of drug-likeness (QED) is 0.656. The van der Waals surface area contributed by atoms with Crippen LogP contribution in [0.5, 0.6) is 0 Å². The van der Waals surface area contributed by atoms with Gasteiger partial charge in [-0.25, -0.2) is 0 Å². The van der Waals surface area contributed by atoms with Crippen LogP contribution < -0.4 is 5.73 Å². The summed E-state index contributed by atoms with van der Waals surface area (Å²) in [6, 6.07) is 3.67. The Morgan fingerprint density at radius 1 is 1.50 bits per heavy atom. The van der Waals surface area contributed by atoms with Crippen molar-refractivity contribution in [1.29, 1.82) is 0 Å². The summed E-state index contributed by atoms with van der Waals surface area (Å²) in [6.07, 6.45) is 3.42. The molecule has 0 radical (unpaired) electrons. The zero-order valence-electron chi connectivity index (χ0n) is 5.50. The van der Waals surface area contributed by atoms with Crippen LogP contribution in [0.3, 0.4) is 0 Å². The van der Waals surface area contributed by atoms with E-state index in [1.807, 2.05) is 12.1 Å². The lowest BCUT2D eigenvalue weighted by Crippen LogP contribution is -2.11. The van der Waals surface area contributed by atoms with Crippen molar-refractivity contribution in [2.45, 2.75) is 6.04 Å². The largest absolute Gasteiger partial charge is 0.323 e. The zero-order valence-corrected chi connectivity index (χ0v) is 6.25. The summed E-state index contributed by atoms with van der Waals surface area (Å²) >= 11 is 5.54. The molecular formula is C7H9ClN2. The van der Waals surface area contributed by atoms with Crippen LogP contribution in [0.4, 0.5) is 0 Å². The lowest BCUT2D eigenvalue weighted by molar-refractivity contribution is 0.823. The minimum absolute atomic E-state index is 0.0651. The van der Waals surface area contributed by atoms with Gasteiger partial charge in [0.2, 0.25) is 0 Å². The highest BCUT2D eigenvalue weighted by Crippen LogP contribution is 2.08. The van der Waals surface area contributed by atoms with Gasteiger partial charge in [-0.3, -0.25) is 4.98 Å². The number of alkyl halides is 1. The second kappa shape index (κ2) is 3.54. The maximum absolute atomic E-state index is 5.63. The minimum Gasteiger partial charge on any atom is -0.323 e. The first-order valence-electron chi connectivity index (χ1n) is 3.06. The summed E-state index contributed by atoms with van der Waals surface area (Å²) in [5.74, 6) is 0.448. The Labute approximate surface area is 65.0 Å². The number of hydrogen-bond donors (Lipinski definition) is 1. The summed E-state index contributed by atoms with van der Waals surface area (Å²) in [7, 11) is 0. The molecule has 0 aromatic carbocycles. The second-order valence-corrected chi connectivity index (χ2v) is 2.35. The van der Waals surface area contributed by atoms with E-state index in [9.17, 15) is 0 Å². The lowest BCUT2D eigenvalue weighted by Gasteiger charge is -2.05. The lowest BCUT2D eigenvalue weighted by atomic mass is 10.1. The van der Waals surface area contributed by atoms with Gasteiger partial charge in [0.15, 0.2) is 0 Å². The molecule has 10 heavy (non-hydrogen) atoms. The molecule has 0 amide bonds. The molecule has 1 rings (SSSR count). The molecule has 1 heterocycles. The van der Waals surface area contributed by atoms with Crippen LogP contribution in [-0.4, -0.2) is 10.9 Å². The van der Waals surface area contributed by atoms with Crippen molar-refractivity contribution in [3.8, 4) is 0 Å². The zero-order chi connectivity index (χ0) is 7.40. The van der Waals surface area contributed by atoms with Gasteiger partial charge in [-0.2, -0.15) is 0 Å². The van der Waals surface area contributed by atoms with E-state index in [0.717, 1.165) is 5.56 Å². The van der Waals surface area contributed by atoms with Gasteiger partial charge in [0.1, 0.15) is 0 Å². The first-order valence-corrected chi connectivity index (χ1v) is 3.59. The maximum Gasteiger partial charge on any atom is 0.0433 e.